The lowest BCUT2D eigenvalue weighted by atomic mass is 9.95. The first kappa shape index (κ1) is 38.4. The van der Waals surface area contributed by atoms with Gasteiger partial charge in [0.1, 0.15) is 28.5 Å². The first-order valence-corrected chi connectivity index (χ1v) is 17.6. The number of cyclic esters (lactones) is 1. The Kier molecular flexibility index (Phi) is 13.5. The van der Waals surface area contributed by atoms with E-state index in [9.17, 15) is 29.1 Å². The molecule has 0 aliphatic carbocycles. The normalized spacial score (nSPS) is 25.9. The number of nitrogens with zero attached hydrogens (tertiary/aromatic N) is 3. The number of hydrogen-bond donors (Lipinski definition) is 3. The van der Waals surface area contributed by atoms with E-state index in [1.165, 1.54) is 47.4 Å². The second-order valence-corrected chi connectivity index (χ2v) is 14.1. The predicted molar refractivity (Wildman–Crippen MR) is 183 cm³/mol. The number of carbonyl (C=O) groups excluding carboxylic acids is 5. The lowest BCUT2D eigenvalue weighted by Crippen LogP contribution is -2.58. The summed E-state index contributed by atoms with van der Waals surface area (Å²) in [7, 11) is 3.04. The molecule has 2 aromatic rings. The second kappa shape index (κ2) is 16.9. The molecule has 7 atom stereocenters. The fraction of sp³-hybridized carbons (Fsp3) is 0.600. The number of fused-ring (bicyclic) bond motifs is 2. The van der Waals surface area contributed by atoms with Crippen molar-refractivity contribution >= 4 is 40.9 Å². The van der Waals surface area contributed by atoms with Crippen molar-refractivity contribution in [3.8, 4) is 5.75 Å². The van der Waals surface area contributed by atoms with Gasteiger partial charge in [-0.05, 0) is 50.3 Å². The molecule has 0 spiro atoms. The van der Waals surface area contributed by atoms with E-state index < -0.39 is 71.7 Å². The molecule has 1 aromatic carbocycles. The molecule has 0 fully saturated rings. The molecular weight excluding hydrogens is 634 g/mol. The van der Waals surface area contributed by atoms with Crippen LogP contribution in [-0.2, 0) is 30.3 Å². The Bertz CT molecular complexity index is 1440. The van der Waals surface area contributed by atoms with E-state index in [2.05, 4.69) is 15.6 Å². The summed E-state index contributed by atoms with van der Waals surface area (Å²) in [5.74, 6) is -3.97. The van der Waals surface area contributed by atoms with Crippen LogP contribution in [0.3, 0.4) is 0 Å². The highest BCUT2D eigenvalue weighted by atomic mass is 32.1. The summed E-state index contributed by atoms with van der Waals surface area (Å²) in [6.45, 7) is 12.7. The summed E-state index contributed by atoms with van der Waals surface area (Å²) >= 11 is 1.23. The van der Waals surface area contributed by atoms with Crippen molar-refractivity contribution in [2.45, 2.75) is 104 Å². The van der Waals surface area contributed by atoms with Crippen molar-refractivity contribution in [1.29, 1.82) is 0 Å². The maximum absolute atomic E-state index is 14.4. The Labute approximate surface area is 287 Å². The third-order valence-corrected chi connectivity index (χ3v) is 10.2. The van der Waals surface area contributed by atoms with Crippen molar-refractivity contribution in [3.63, 3.8) is 0 Å². The first-order chi connectivity index (χ1) is 22.6. The highest BCUT2D eigenvalue weighted by Gasteiger charge is 2.41. The van der Waals surface area contributed by atoms with Gasteiger partial charge in [0, 0.05) is 37.9 Å². The standard InChI is InChI=1S/C35H51N5O7S/c1-10-12-25-21(6)35(46)47-29(20(5)11-2)34(45)39(8)27(17-23-13-15-24(41)16-14-23)33(44)40(9)28(19(3)4)31(43)36-22(7)32-38-26(18-48-32)30(42)37-25/h13-16,18-22,25,27-29,41H,10-12,17H2,1-9H3,(H,36,43)(H,37,42)/t20?,21?,22-,25?,27-,28-,29-/m0/s1. The molecule has 12 nitrogen and oxygen atoms in total. The molecule has 3 N–H and O–H groups in total. The Morgan fingerprint density at radius 3 is 2.19 bits per heavy atom. The Morgan fingerprint density at radius 2 is 1.60 bits per heavy atom. The van der Waals surface area contributed by atoms with Crippen LogP contribution in [0.25, 0.3) is 0 Å². The first-order valence-electron chi connectivity index (χ1n) is 16.7. The molecular formula is C35H51N5O7S. The molecule has 1 aromatic heterocycles. The maximum atomic E-state index is 14.4. The molecule has 264 valence electrons. The van der Waals surface area contributed by atoms with Gasteiger partial charge in [-0.1, -0.05) is 53.2 Å². The van der Waals surface area contributed by atoms with E-state index in [0.29, 0.717) is 29.8 Å². The molecule has 2 bridgehead atoms. The van der Waals surface area contributed by atoms with Gasteiger partial charge in [-0.3, -0.25) is 24.0 Å². The van der Waals surface area contributed by atoms with Crippen LogP contribution >= 0.6 is 11.3 Å². The van der Waals surface area contributed by atoms with Crippen LogP contribution < -0.4 is 10.6 Å². The van der Waals surface area contributed by atoms with Crippen LogP contribution in [0.4, 0.5) is 0 Å². The van der Waals surface area contributed by atoms with Crippen molar-refractivity contribution in [3.05, 3.63) is 45.9 Å². The fourth-order valence-corrected chi connectivity index (χ4v) is 6.68. The molecule has 3 unspecified atom stereocenters. The highest BCUT2D eigenvalue weighted by Crippen LogP contribution is 2.25. The number of ether oxygens (including phenoxy) is 1. The van der Waals surface area contributed by atoms with Crippen molar-refractivity contribution in [2.24, 2.45) is 17.8 Å². The number of aromatic hydroxyl groups is 1. The Morgan fingerprint density at radius 1 is 0.958 bits per heavy atom. The average molecular weight is 686 g/mol. The quantitative estimate of drug-likeness (QED) is 0.368. The average Bonchev–Trinajstić information content (AvgIpc) is 3.55. The third kappa shape index (κ3) is 9.12. The van der Waals surface area contributed by atoms with E-state index in [4.69, 9.17) is 4.74 Å². The Hall–Kier alpha value is -4.00. The molecule has 1 aliphatic heterocycles. The number of rotatable bonds is 7. The zero-order valence-electron chi connectivity index (χ0n) is 29.5. The zero-order valence-corrected chi connectivity index (χ0v) is 30.3. The molecule has 13 heteroatoms. The van der Waals surface area contributed by atoms with Crippen LogP contribution in [-0.4, -0.2) is 87.8 Å². The van der Waals surface area contributed by atoms with E-state index in [-0.39, 0.29) is 23.8 Å². The van der Waals surface area contributed by atoms with Gasteiger partial charge >= 0.3 is 5.97 Å². The molecule has 4 amide bonds. The van der Waals surface area contributed by atoms with Gasteiger partial charge in [-0.15, -0.1) is 11.3 Å². The minimum Gasteiger partial charge on any atom is -0.508 e. The number of esters is 1. The summed E-state index contributed by atoms with van der Waals surface area (Å²) in [5, 5.41) is 17.9. The zero-order chi connectivity index (χ0) is 35.9. The van der Waals surface area contributed by atoms with E-state index in [1.807, 2.05) is 27.7 Å². The van der Waals surface area contributed by atoms with Gasteiger partial charge in [0.15, 0.2) is 6.10 Å². The number of aromatic nitrogens is 1. The summed E-state index contributed by atoms with van der Waals surface area (Å²) in [4.78, 5) is 76.6. The molecule has 48 heavy (non-hydrogen) atoms. The fourth-order valence-electron chi connectivity index (χ4n) is 5.87. The van der Waals surface area contributed by atoms with Crippen LogP contribution in [0.15, 0.2) is 29.6 Å². The van der Waals surface area contributed by atoms with Crippen molar-refractivity contribution < 1.29 is 33.8 Å². The number of phenols is 1. The van der Waals surface area contributed by atoms with E-state index in [1.54, 1.807) is 38.3 Å². The SMILES string of the molecule is CCCC1NC(=O)c2csc(n2)[C@H](C)NC(=O)[C@H](C(C)C)N(C)C(=O)[C@H](Cc2ccc(O)cc2)N(C)C(=O)[C@H](C(C)CC)OC(=O)C1C. The van der Waals surface area contributed by atoms with Crippen LogP contribution in [0, 0.1) is 17.8 Å². The number of hydrogen-bond acceptors (Lipinski definition) is 9. The Balaban J connectivity index is 2.15. The minimum absolute atomic E-state index is 0.0561. The molecule has 3 rings (SSSR count). The van der Waals surface area contributed by atoms with Gasteiger partial charge in [-0.25, -0.2) is 4.98 Å². The van der Waals surface area contributed by atoms with Crippen molar-refractivity contribution in [1.82, 2.24) is 25.4 Å². The van der Waals surface area contributed by atoms with Gasteiger partial charge in [0.05, 0.1) is 12.0 Å². The summed E-state index contributed by atoms with van der Waals surface area (Å²) in [6.07, 6.45) is 0.549. The minimum atomic E-state index is -1.21. The van der Waals surface area contributed by atoms with Crippen LogP contribution in [0.5, 0.6) is 5.75 Å². The lowest BCUT2D eigenvalue weighted by molar-refractivity contribution is -0.169. The number of phenolic OH excluding ortho intramolecular Hbond substituents is 1. The number of benzene rings is 1. The molecule has 0 radical (unpaired) electrons. The van der Waals surface area contributed by atoms with Crippen molar-refractivity contribution in [2.75, 3.05) is 14.1 Å². The monoisotopic (exact) mass is 685 g/mol. The molecule has 0 saturated carbocycles. The predicted octanol–water partition coefficient (Wildman–Crippen LogP) is 4.08. The third-order valence-electron chi connectivity index (χ3n) is 9.15. The summed E-state index contributed by atoms with van der Waals surface area (Å²) < 4.78 is 5.95. The highest BCUT2D eigenvalue weighted by molar-refractivity contribution is 7.09. The number of likely N-dealkylation sites (N-methyl/N-ethyl adjacent to an activating group) is 2. The second-order valence-electron chi connectivity index (χ2n) is 13.2. The number of thiazole rings is 1. The van der Waals surface area contributed by atoms with E-state index >= 15 is 0 Å². The number of amides is 4. The topological polar surface area (TPSA) is 158 Å². The number of nitrogens with one attached hydrogen (secondary N) is 2. The molecule has 0 saturated heterocycles. The largest absolute Gasteiger partial charge is 0.508 e. The summed E-state index contributed by atoms with van der Waals surface area (Å²) in [6, 6.07) is 3.21. The maximum Gasteiger partial charge on any atom is 0.311 e. The smallest absolute Gasteiger partial charge is 0.311 e. The molecule has 1 aliphatic rings. The van der Waals surface area contributed by atoms with Gasteiger partial charge in [-0.2, -0.15) is 0 Å². The van der Waals surface area contributed by atoms with Crippen LogP contribution in [0.2, 0.25) is 0 Å². The number of carbonyl (C=O) groups is 5. The molecule has 2 heterocycles. The lowest BCUT2D eigenvalue weighted by Gasteiger charge is -2.38. The summed E-state index contributed by atoms with van der Waals surface area (Å²) in [5.41, 5.74) is 0.843. The van der Waals surface area contributed by atoms with Gasteiger partial charge < -0.3 is 30.3 Å². The van der Waals surface area contributed by atoms with Gasteiger partial charge in [0.25, 0.3) is 11.8 Å². The van der Waals surface area contributed by atoms with E-state index in [0.717, 1.165) is 0 Å². The van der Waals surface area contributed by atoms with Crippen LogP contribution in [0.1, 0.15) is 94.8 Å². The van der Waals surface area contributed by atoms with Gasteiger partial charge in [0.2, 0.25) is 11.8 Å².